The first-order valence-electron chi connectivity index (χ1n) is 7.15. The Labute approximate surface area is 113 Å². The number of aliphatic hydroxyl groups excluding tert-OH is 1. The van der Waals surface area contributed by atoms with Gasteiger partial charge in [0.2, 0.25) is 5.91 Å². The van der Waals surface area contributed by atoms with Gasteiger partial charge in [0.05, 0.1) is 17.9 Å². The maximum absolute atomic E-state index is 12.4. The van der Waals surface area contributed by atoms with Crippen molar-refractivity contribution < 1.29 is 19.8 Å². The summed E-state index contributed by atoms with van der Waals surface area (Å²) in [4.78, 5) is 25.3. The van der Waals surface area contributed by atoms with Crippen molar-refractivity contribution in [3.63, 3.8) is 0 Å². The third kappa shape index (κ3) is 3.26. The van der Waals surface area contributed by atoms with E-state index in [2.05, 4.69) is 0 Å². The fraction of sp³-hybridized carbons (Fsp3) is 0.857. The van der Waals surface area contributed by atoms with Crippen LogP contribution in [0.5, 0.6) is 0 Å². The molecule has 5 nitrogen and oxygen atoms in total. The number of hydrogen-bond donors (Lipinski definition) is 2. The molecule has 2 saturated carbocycles. The van der Waals surface area contributed by atoms with E-state index in [4.69, 9.17) is 0 Å². The third-order valence-corrected chi connectivity index (χ3v) is 4.52. The van der Waals surface area contributed by atoms with Gasteiger partial charge in [-0.15, -0.1) is 0 Å². The maximum atomic E-state index is 12.4. The number of rotatable bonds is 4. The summed E-state index contributed by atoms with van der Waals surface area (Å²) in [5, 5.41) is 18.5. The highest BCUT2D eigenvalue weighted by atomic mass is 16.4. The van der Waals surface area contributed by atoms with E-state index in [1.165, 1.54) is 0 Å². The molecule has 0 aliphatic heterocycles. The summed E-state index contributed by atoms with van der Waals surface area (Å²) in [6.07, 6.45) is 4.44. The molecule has 0 spiro atoms. The molecule has 2 rings (SSSR count). The minimum atomic E-state index is -0.842. The predicted octanol–water partition coefficient (Wildman–Crippen LogP) is 1.11. The predicted molar refractivity (Wildman–Crippen MR) is 69.5 cm³/mol. The molecule has 0 saturated heterocycles. The van der Waals surface area contributed by atoms with Gasteiger partial charge in [0.15, 0.2) is 0 Å². The zero-order chi connectivity index (χ0) is 14.0. The van der Waals surface area contributed by atoms with Crippen LogP contribution in [0.2, 0.25) is 0 Å². The van der Waals surface area contributed by atoms with Crippen LogP contribution >= 0.6 is 0 Å². The Bertz CT molecular complexity index is 351. The highest BCUT2D eigenvalue weighted by Gasteiger charge is 2.38. The van der Waals surface area contributed by atoms with Gasteiger partial charge < -0.3 is 15.1 Å². The molecule has 19 heavy (non-hydrogen) atoms. The summed E-state index contributed by atoms with van der Waals surface area (Å²) in [7, 11) is 1.75. The quantitative estimate of drug-likeness (QED) is 0.801. The topological polar surface area (TPSA) is 77.8 Å². The van der Waals surface area contributed by atoms with Gasteiger partial charge in [0, 0.05) is 13.6 Å². The van der Waals surface area contributed by atoms with Crippen molar-refractivity contribution in [1.29, 1.82) is 0 Å². The first-order valence-corrected chi connectivity index (χ1v) is 7.15. The second kappa shape index (κ2) is 5.90. The van der Waals surface area contributed by atoms with Crippen LogP contribution in [0.25, 0.3) is 0 Å². The van der Waals surface area contributed by atoms with Gasteiger partial charge in [0.25, 0.3) is 0 Å². The van der Waals surface area contributed by atoms with Crippen molar-refractivity contribution in [3.05, 3.63) is 0 Å². The Morgan fingerprint density at radius 3 is 2.26 bits per heavy atom. The lowest BCUT2D eigenvalue weighted by Crippen LogP contribution is -2.45. The van der Waals surface area contributed by atoms with Crippen molar-refractivity contribution in [2.24, 2.45) is 17.8 Å². The molecule has 0 radical (unpaired) electrons. The Kier molecular flexibility index (Phi) is 4.45. The number of aliphatic hydroxyl groups is 1. The standard InChI is InChI=1S/C14H23NO4/c1-15(8-9-6-10(16)7-9)13(17)11-4-2-3-5-12(11)14(18)19/h9-12,16H,2-8H2,1H3,(H,18,19)/t9?,10?,11-,12+/m1/s1. The summed E-state index contributed by atoms with van der Waals surface area (Å²) >= 11 is 0. The normalized spacial score (nSPS) is 34.4. The minimum Gasteiger partial charge on any atom is -0.481 e. The molecule has 2 atom stereocenters. The molecule has 0 unspecified atom stereocenters. The summed E-state index contributed by atoms with van der Waals surface area (Å²) in [6.45, 7) is 0.638. The van der Waals surface area contributed by atoms with Gasteiger partial charge in [-0.1, -0.05) is 12.8 Å². The van der Waals surface area contributed by atoms with E-state index in [-0.39, 0.29) is 17.9 Å². The van der Waals surface area contributed by atoms with Crippen LogP contribution in [0.4, 0.5) is 0 Å². The van der Waals surface area contributed by atoms with Crippen LogP contribution in [-0.4, -0.2) is 46.7 Å². The Balaban J connectivity index is 1.90. The lowest BCUT2D eigenvalue weighted by molar-refractivity contribution is -0.152. The first-order chi connectivity index (χ1) is 8.99. The van der Waals surface area contributed by atoms with E-state index in [9.17, 15) is 19.8 Å². The third-order valence-electron chi connectivity index (χ3n) is 4.52. The summed E-state index contributed by atoms with van der Waals surface area (Å²) in [5.41, 5.74) is 0. The monoisotopic (exact) mass is 269 g/mol. The van der Waals surface area contributed by atoms with Crippen molar-refractivity contribution in [2.45, 2.75) is 44.6 Å². The molecule has 0 bridgehead atoms. The average Bonchev–Trinajstić information content (AvgIpc) is 2.35. The number of carbonyl (C=O) groups excluding carboxylic acids is 1. The van der Waals surface area contributed by atoms with Gasteiger partial charge in [-0.2, -0.15) is 0 Å². The molecule has 2 fully saturated rings. The molecule has 2 aliphatic rings. The fourth-order valence-corrected chi connectivity index (χ4v) is 3.33. The van der Waals surface area contributed by atoms with E-state index < -0.39 is 11.9 Å². The average molecular weight is 269 g/mol. The number of aliphatic carboxylic acids is 1. The van der Waals surface area contributed by atoms with Crippen LogP contribution in [-0.2, 0) is 9.59 Å². The van der Waals surface area contributed by atoms with E-state index in [1.54, 1.807) is 11.9 Å². The lowest BCUT2D eigenvalue weighted by atomic mass is 9.78. The Morgan fingerprint density at radius 1 is 1.16 bits per heavy atom. The second-order valence-corrected chi connectivity index (χ2v) is 6.05. The molecule has 0 aromatic rings. The highest BCUT2D eigenvalue weighted by molar-refractivity contribution is 5.84. The van der Waals surface area contributed by atoms with E-state index in [0.717, 1.165) is 25.7 Å². The van der Waals surface area contributed by atoms with E-state index in [1.807, 2.05) is 0 Å². The smallest absolute Gasteiger partial charge is 0.307 e. The van der Waals surface area contributed by atoms with Crippen LogP contribution in [0.15, 0.2) is 0 Å². The molecule has 5 heteroatoms. The van der Waals surface area contributed by atoms with Crippen LogP contribution in [0.3, 0.4) is 0 Å². The first kappa shape index (κ1) is 14.3. The SMILES string of the molecule is CN(CC1CC(O)C1)C(=O)[C@@H]1CCCC[C@@H]1C(=O)O. The highest BCUT2D eigenvalue weighted by Crippen LogP contribution is 2.33. The molecular formula is C14H23NO4. The van der Waals surface area contributed by atoms with Crippen LogP contribution in [0.1, 0.15) is 38.5 Å². The molecule has 0 heterocycles. The van der Waals surface area contributed by atoms with E-state index in [0.29, 0.717) is 25.3 Å². The van der Waals surface area contributed by atoms with E-state index >= 15 is 0 Å². The number of carbonyl (C=O) groups is 2. The zero-order valence-corrected chi connectivity index (χ0v) is 11.4. The molecule has 1 amide bonds. The molecular weight excluding hydrogens is 246 g/mol. The zero-order valence-electron chi connectivity index (χ0n) is 11.4. The van der Waals surface area contributed by atoms with Gasteiger partial charge >= 0.3 is 5.97 Å². The van der Waals surface area contributed by atoms with Gasteiger partial charge in [-0.3, -0.25) is 9.59 Å². The van der Waals surface area contributed by atoms with Crippen LogP contribution in [0, 0.1) is 17.8 Å². The minimum absolute atomic E-state index is 0.0338. The fourth-order valence-electron chi connectivity index (χ4n) is 3.33. The number of hydrogen-bond acceptors (Lipinski definition) is 3. The molecule has 2 aliphatic carbocycles. The van der Waals surface area contributed by atoms with Gasteiger partial charge in [0.1, 0.15) is 0 Å². The number of carboxylic acid groups (broad SMARTS) is 1. The number of amides is 1. The van der Waals surface area contributed by atoms with Crippen molar-refractivity contribution >= 4 is 11.9 Å². The van der Waals surface area contributed by atoms with Crippen molar-refractivity contribution in [2.75, 3.05) is 13.6 Å². The molecule has 108 valence electrons. The molecule has 0 aromatic heterocycles. The summed E-state index contributed by atoms with van der Waals surface area (Å²) in [6, 6.07) is 0. The largest absolute Gasteiger partial charge is 0.481 e. The van der Waals surface area contributed by atoms with Crippen molar-refractivity contribution in [3.8, 4) is 0 Å². The van der Waals surface area contributed by atoms with Gasteiger partial charge in [-0.25, -0.2) is 0 Å². The molecule has 0 aromatic carbocycles. The Hall–Kier alpha value is -1.10. The van der Waals surface area contributed by atoms with Gasteiger partial charge in [-0.05, 0) is 31.6 Å². The second-order valence-electron chi connectivity index (χ2n) is 6.05. The number of nitrogens with zero attached hydrogens (tertiary/aromatic N) is 1. The number of carboxylic acids is 1. The Morgan fingerprint density at radius 2 is 1.74 bits per heavy atom. The molecule has 2 N–H and O–H groups in total. The lowest BCUT2D eigenvalue weighted by Gasteiger charge is -2.37. The summed E-state index contributed by atoms with van der Waals surface area (Å²) in [5.74, 6) is -1.38. The van der Waals surface area contributed by atoms with Crippen molar-refractivity contribution in [1.82, 2.24) is 4.90 Å². The maximum Gasteiger partial charge on any atom is 0.307 e. The summed E-state index contributed by atoms with van der Waals surface area (Å²) < 4.78 is 0. The van der Waals surface area contributed by atoms with Crippen LogP contribution < -0.4 is 0 Å².